The third-order valence-electron chi connectivity index (χ3n) is 3.58. The number of fused-ring (bicyclic) bond motifs is 1. The van der Waals surface area contributed by atoms with Crippen molar-refractivity contribution in [3.63, 3.8) is 0 Å². The Hall–Kier alpha value is -1.73. The number of aromatic nitrogens is 4. The summed E-state index contributed by atoms with van der Waals surface area (Å²) in [6, 6.07) is 0. The lowest BCUT2D eigenvalue weighted by Gasteiger charge is -2.14. The van der Waals surface area contributed by atoms with Crippen LogP contribution in [0.25, 0.3) is 11.2 Å². The Balaban J connectivity index is 2.05. The van der Waals surface area contributed by atoms with Crippen LogP contribution in [0.5, 0.6) is 0 Å². The highest BCUT2D eigenvalue weighted by Crippen LogP contribution is 2.33. The van der Waals surface area contributed by atoms with Crippen LogP contribution in [0, 0.1) is 12.8 Å². The number of imidazole rings is 1. The van der Waals surface area contributed by atoms with E-state index in [1.807, 2.05) is 6.92 Å². The van der Waals surface area contributed by atoms with E-state index in [1.165, 1.54) is 0 Å². The zero-order chi connectivity index (χ0) is 13.6. The third-order valence-corrected chi connectivity index (χ3v) is 3.58. The minimum atomic E-state index is -0.244. The first-order valence-corrected chi connectivity index (χ1v) is 6.30. The molecule has 0 bridgehead atoms. The van der Waals surface area contributed by atoms with Crippen LogP contribution in [-0.4, -0.2) is 37.3 Å². The molecule has 102 valence electrons. The number of H-pyrrole nitrogens is 1. The van der Waals surface area contributed by atoms with E-state index in [0.29, 0.717) is 17.0 Å². The molecule has 7 heteroatoms. The van der Waals surface area contributed by atoms with Gasteiger partial charge in [-0.25, -0.2) is 9.97 Å². The van der Waals surface area contributed by atoms with Gasteiger partial charge in [0.25, 0.3) is 5.56 Å². The molecule has 0 radical (unpaired) electrons. The van der Waals surface area contributed by atoms with E-state index in [1.54, 1.807) is 17.8 Å². The second-order valence-electron chi connectivity index (χ2n) is 5.00. The van der Waals surface area contributed by atoms with Crippen LogP contribution in [0.15, 0.2) is 11.1 Å². The van der Waals surface area contributed by atoms with Crippen LogP contribution < -0.4 is 5.56 Å². The molecule has 2 N–H and O–H groups in total. The molecule has 2 aromatic heterocycles. The van der Waals surface area contributed by atoms with E-state index < -0.39 is 0 Å². The van der Waals surface area contributed by atoms with Crippen molar-refractivity contribution in [1.82, 2.24) is 19.5 Å². The fourth-order valence-electron chi connectivity index (χ4n) is 2.51. The maximum Gasteiger partial charge on any atom is 0.279 e. The van der Waals surface area contributed by atoms with Crippen LogP contribution in [-0.2, 0) is 4.74 Å². The van der Waals surface area contributed by atoms with Gasteiger partial charge < -0.3 is 14.8 Å². The Labute approximate surface area is 109 Å². The smallest absolute Gasteiger partial charge is 0.279 e. The summed E-state index contributed by atoms with van der Waals surface area (Å²) in [5, 5.41) is 9.23. The predicted molar refractivity (Wildman–Crippen MR) is 67.7 cm³/mol. The molecule has 0 aromatic carbocycles. The number of ether oxygens (including phenoxy) is 1. The van der Waals surface area contributed by atoms with Crippen LogP contribution >= 0.6 is 0 Å². The van der Waals surface area contributed by atoms with E-state index in [0.717, 1.165) is 6.42 Å². The standard InChI is InChI=1S/C12H16N4O3/c1-6-3-9(19-8(6)4-17)16-5-13-10-11(16)14-7(2)15-12(10)18/h5-6,8-9,17H,3-4H2,1-2H3,(H,14,15,18)/t6?,8-,9-/m1/s1. The second kappa shape index (κ2) is 4.43. The normalized spacial score (nSPS) is 27.2. The molecule has 2 aromatic rings. The summed E-state index contributed by atoms with van der Waals surface area (Å²) in [7, 11) is 0. The Morgan fingerprint density at radius 2 is 2.42 bits per heavy atom. The van der Waals surface area contributed by atoms with Crippen molar-refractivity contribution < 1.29 is 9.84 Å². The fourth-order valence-corrected chi connectivity index (χ4v) is 2.51. The number of aryl methyl sites for hydroxylation is 1. The zero-order valence-electron chi connectivity index (χ0n) is 10.8. The molecule has 0 amide bonds. The second-order valence-corrected chi connectivity index (χ2v) is 5.00. The zero-order valence-corrected chi connectivity index (χ0v) is 10.8. The Morgan fingerprint density at radius 3 is 3.11 bits per heavy atom. The van der Waals surface area contributed by atoms with Crippen LogP contribution in [0.1, 0.15) is 25.4 Å². The maximum absolute atomic E-state index is 11.8. The summed E-state index contributed by atoms with van der Waals surface area (Å²) >= 11 is 0. The van der Waals surface area contributed by atoms with Crippen molar-refractivity contribution in [1.29, 1.82) is 0 Å². The number of hydrogen-bond donors (Lipinski definition) is 2. The maximum atomic E-state index is 11.8. The number of nitrogens with zero attached hydrogens (tertiary/aromatic N) is 3. The van der Waals surface area contributed by atoms with Gasteiger partial charge in [0, 0.05) is 0 Å². The van der Waals surface area contributed by atoms with Crippen molar-refractivity contribution in [2.45, 2.75) is 32.6 Å². The van der Waals surface area contributed by atoms with Gasteiger partial charge >= 0.3 is 0 Å². The Bertz CT molecular complexity index is 663. The summed E-state index contributed by atoms with van der Waals surface area (Å²) in [6.07, 6.45) is 1.93. The van der Waals surface area contributed by atoms with E-state index in [9.17, 15) is 9.90 Å². The number of aliphatic hydroxyl groups is 1. The van der Waals surface area contributed by atoms with Crippen molar-refractivity contribution >= 4 is 11.2 Å². The number of rotatable bonds is 2. The highest BCUT2D eigenvalue weighted by atomic mass is 16.5. The van der Waals surface area contributed by atoms with Crippen LogP contribution in [0.3, 0.4) is 0 Å². The molecule has 1 fully saturated rings. The molecule has 1 saturated heterocycles. The molecule has 0 saturated carbocycles. The van der Waals surface area contributed by atoms with Gasteiger partial charge in [0.15, 0.2) is 11.2 Å². The molecule has 7 nitrogen and oxygen atoms in total. The average Bonchev–Trinajstić information content (AvgIpc) is 2.92. The lowest BCUT2D eigenvalue weighted by atomic mass is 10.0. The Kier molecular flexibility index (Phi) is 2.87. The van der Waals surface area contributed by atoms with Crippen molar-refractivity contribution in [2.24, 2.45) is 5.92 Å². The number of hydrogen-bond acceptors (Lipinski definition) is 5. The molecular weight excluding hydrogens is 248 g/mol. The lowest BCUT2D eigenvalue weighted by molar-refractivity contribution is -0.0277. The summed E-state index contributed by atoms with van der Waals surface area (Å²) in [6.45, 7) is 3.76. The Morgan fingerprint density at radius 1 is 1.63 bits per heavy atom. The third kappa shape index (κ3) is 1.95. The van der Waals surface area contributed by atoms with E-state index in [4.69, 9.17) is 4.74 Å². The van der Waals surface area contributed by atoms with Crippen LogP contribution in [0.4, 0.5) is 0 Å². The molecule has 1 aliphatic rings. The van der Waals surface area contributed by atoms with Crippen molar-refractivity contribution in [2.75, 3.05) is 6.61 Å². The summed E-state index contributed by atoms with van der Waals surface area (Å²) in [5.41, 5.74) is 0.595. The SMILES string of the molecule is Cc1nc2c(ncn2[C@H]2CC(C)[C@@H](CO)O2)c(=O)[nH]1. The first kappa shape index (κ1) is 12.3. The van der Waals surface area contributed by atoms with Gasteiger partial charge in [0.1, 0.15) is 12.1 Å². The number of nitrogens with one attached hydrogen (secondary N) is 1. The monoisotopic (exact) mass is 264 g/mol. The van der Waals surface area contributed by atoms with E-state index in [2.05, 4.69) is 15.0 Å². The minimum Gasteiger partial charge on any atom is -0.394 e. The van der Waals surface area contributed by atoms with Gasteiger partial charge in [0.2, 0.25) is 0 Å². The van der Waals surface area contributed by atoms with Gasteiger partial charge in [-0.3, -0.25) is 9.36 Å². The summed E-state index contributed by atoms with van der Waals surface area (Å²) < 4.78 is 7.54. The van der Waals surface area contributed by atoms with Crippen LogP contribution in [0.2, 0.25) is 0 Å². The van der Waals surface area contributed by atoms with Gasteiger partial charge in [-0.05, 0) is 19.3 Å². The minimum absolute atomic E-state index is 0.00264. The quantitative estimate of drug-likeness (QED) is 0.816. The molecule has 3 atom stereocenters. The number of aromatic amines is 1. The lowest BCUT2D eigenvalue weighted by Crippen LogP contribution is -2.18. The molecule has 1 unspecified atom stereocenters. The average molecular weight is 264 g/mol. The van der Waals surface area contributed by atoms with E-state index >= 15 is 0 Å². The van der Waals surface area contributed by atoms with Gasteiger partial charge in [-0.15, -0.1) is 0 Å². The largest absolute Gasteiger partial charge is 0.394 e. The topological polar surface area (TPSA) is 93.0 Å². The van der Waals surface area contributed by atoms with Crippen molar-refractivity contribution in [3.05, 3.63) is 22.5 Å². The fraction of sp³-hybridized carbons (Fsp3) is 0.583. The van der Waals surface area contributed by atoms with E-state index in [-0.39, 0.29) is 30.4 Å². The van der Waals surface area contributed by atoms with Gasteiger partial charge in [-0.2, -0.15) is 0 Å². The number of aliphatic hydroxyl groups excluding tert-OH is 1. The summed E-state index contributed by atoms with van der Waals surface area (Å²) in [5.74, 6) is 0.805. The molecular formula is C12H16N4O3. The van der Waals surface area contributed by atoms with Crippen molar-refractivity contribution in [3.8, 4) is 0 Å². The summed E-state index contributed by atoms with van der Waals surface area (Å²) in [4.78, 5) is 22.8. The van der Waals surface area contributed by atoms with Gasteiger partial charge in [0.05, 0.1) is 19.0 Å². The first-order chi connectivity index (χ1) is 9.10. The highest BCUT2D eigenvalue weighted by Gasteiger charge is 2.33. The molecule has 3 rings (SSSR count). The molecule has 19 heavy (non-hydrogen) atoms. The molecule has 1 aliphatic heterocycles. The first-order valence-electron chi connectivity index (χ1n) is 6.30. The van der Waals surface area contributed by atoms with Gasteiger partial charge in [-0.1, -0.05) is 6.92 Å². The predicted octanol–water partition coefficient (Wildman–Crippen LogP) is 0.344. The highest BCUT2D eigenvalue weighted by molar-refractivity contribution is 5.69. The molecule has 3 heterocycles. The molecule has 0 spiro atoms. The molecule has 0 aliphatic carbocycles.